The summed E-state index contributed by atoms with van der Waals surface area (Å²) < 4.78 is 23.5. The van der Waals surface area contributed by atoms with E-state index in [2.05, 4.69) is 9.97 Å². The number of aromatic nitrogens is 2. The standard InChI is InChI=1S/C15H20FN3O4/c1-10(20)23-15(2,3)13(21)19-6-4-5-12(9-19)22-14-17-7-11(16)8-18-14/h7-8,12H,4-6,9H2,1-3H3/t12-/m1/s1. The zero-order valence-electron chi connectivity index (χ0n) is 13.4. The van der Waals surface area contributed by atoms with Crippen LogP contribution in [0.1, 0.15) is 33.6 Å². The van der Waals surface area contributed by atoms with Crippen LogP contribution in [0.4, 0.5) is 4.39 Å². The molecule has 0 bridgehead atoms. The molecule has 1 fully saturated rings. The molecule has 1 aromatic rings. The summed E-state index contributed by atoms with van der Waals surface area (Å²) in [7, 11) is 0. The molecule has 8 heteroatoms. The molecule has 1 amide bonds. The highest BCUT2D eigenvalue weighted by atomic mass is 19.1. The van der Waals surface area contributed by atoms with Crippen molar-refractivity contribution in [3.8, 4) is 6.01 Å². The number of carbonyl (C=O) groups is 2. The fourth-order valence-corrected chi connectivity index (χ4v) is 2.51. The van der Waals surface area contributed by atoms with Crippen molar-refractivity contribution in [3.05, 3.63) is 18.2 Å². The van der Waals surface area contributed by atoms with Crippen molar-refractivity contribution >= 4 is 11.9 Å². The van der Waals surface area contributed by atoms with Crippen LogP contribution in [0.2, 0.25) is 0 Å². The van der Waals surface area contributed by atoms with Crippen molar-refractivity contribution in [1.29, 1.82) is 0 Å². The summed E-state index contributed by atoms with van der Waals surface area (Å²) >= 11 is 0. The number of rotatable bonds is 4. The van der Waals surface area contributed by atoms with Crippen molar-refractivity contribution < 1.29 is 23.5 Å². The maximum Gasteiger partial charge on any atom is 0.316 e. The summed E-state index contributed by atoms with van der Waals surface area (Å²) in [6, 6.07) is 0.0740. The molecule has 0 radical (unpaired) electrons. The largest absolute Gasteiger partial charge is 0.458 e. The number of likely N-dealkylation sites (tertiary alicyclic amines) is 1. The molecule has 1 aliphatic heterocycles. The number of halogens is 1. The fourth-order valence-electron chi connectivity index (χ4n) is 2.51. The minimum Gasteiger partial charge on any atom is -0.458 e. The number of amides is 1. The average Bonchev–Trinajstić information content (AvgIpc) is 2.48. The van der Waals surface area contributed by atoms with Crippen molar-refractivity contribution in [3.63, 3.8) is 0 Å². The molecule has 0 aliphatic carbocycles. The Labute approximate surface area is 133 Å². The first-order valence-electron chi connectivity index (χ1n) is 7.41. The molecule has 126 valence electrons. The first-order valence-corrected chi connectivity index (χ1v) is 7.41. The molecule has 1 aliphatic rings. The maximum atomic E-state index is 12.8. The lowest BCUT2D eigenvalue weighted by molar-refractivity contribution is -0.169. The quantitative estimate of drug-likeness (QED) is 0.777. The summed E-state index contributed by atoms with van der Waals surface area (Å²) in [6.07, 6.45) is 3.24. The van der Waals surface area contributed by atoms with Gasteiger partial charge in [-0.25, -0.2) is 14.4 Å². The number of piperidine rings is 1. The SMILES string of the molecule is CC(=O)OC(C)(C)C(=O)N1CCC[C@@H](Oc2ncc(F)cn2)C1. The van der Waals surface area contributed by atoms with E-state index in [1.807, 2.05) is 0 Å². The number of hydrogen-bond acceptors (Lipinski definition) is 6. The van der Waals surface area contributed by atoms with Crippen LogP contribution in [-0.4, -0.2) is 51.5 Å². The Bertz CT molecular complexity index is 577. The Morgan fingerprint density at radius 3 is 2.61 bits per heavy atom. The van der Waals surface area contributed by atoms with Crippen molar-refractivity contribution in [1.82, 2.24) is 14.9 Å². The Morgan fingerprint density at radius 1 is 1.35 bits per heavy atom. The van der Waals surface area contributed by atoms with Crippen molar-refractivity contribution in [2.24, 2.45) is 0 Å². The summed E-state index contributed by atoms with van der Waals surface area (Å²) in [5, 5.41) is 0. The lowest BCUT2D eigenvalue weighted by Gasteiger charge is -2.36. The summed E-state index contributed by atoms with van der Waals surface area (Å²) in [5.74, 6) is -1.32. The molecule has 1 saturated heterocycles. The van der Waals surface area contributed by atoms with Gasteiger partial charge in [0.1, 0.15) is 6.10 Å². The average molecular weight is 325 g/mol. The first kappa shape index (κ1) is 17.1. The van der Waals surface area contributed by atoms with E-state index in [4.69, 9.17) is 9.47 Å². The van der Waals surface area contributed by atoms with Gasteiger partial charge in [0.15, 0.2) is 11.4 Å². The highest BCUT2D eigenvalue weighted by Crippen LogP contribution is 2.20. The van der Waals surface area contributed by atoms with Gasteiger partial charge >= 0.3 is 12.0 Å². The van der Waals surface area contributed by atoms with Crippen LogP contribution in [0, 0.1) is 5.82 Å². The highest BCUT2D eigenvalue weighted by Gasteiger charge is 2.37. The molecule has 7 nitrogen and oxygen atoms in total. The topological polar surface area (TPSA) is 81.6 Å². The van der Waals surface area contributed by atoms with Gasteiger partial charge in [-0.3, -0.25) is 9.59 Å². The third-order valence-electron chi connectivity index (χ3n) is 3.45. The zero-order chi connectivity index (χ0) is 17.0. The normalized spacial score (nSPS) is 18.4. The number of nitrogens with zero attached hydrogens (tertiary/aromatic N) is 3. The summed E-state index contributed by atoms with van der Waals surface area (Å²) in [6.45, 7) is 5.29. The molecule has 2 heterocycles. The summed E-state index contributed by atoms with van der Waals surface area (Å²) in [4.78, 5) is 32.7. The van der Waals surface area contributed by atoms with Crippen molar-refractivity contribution in [2.45, 2.75) is 45.3 Å². The molecule has 0 saturated carbocycles. The predicted molar refractivity (Wildman–Crippen MR) is 78.1 cm³/mol. The van der Waals surface area contributed by atoms with E-state index in [9.17, 15) is 14.0 Å². The van der Waals surface area contributed by atoms with Crippen LogP contribution in [0.5, 0.6) is 6.01 Å². The number of esters is 1. The van der Waals surface area contributed by atoms with E-state index in [-0.39, 0.29) is 18.0 Å². The minimum atomic E-state index is -1.22. The van der Waals surface area contributed by atoms with Crippen LogP contribution in [-0.2, 0) is 14.3 Å². The van der Waals surface area contributed by atoms with Crippen LogP contribution in [0.15, 0.2) is 12.4 Å². The van der Waals surface area contributed by atoms with Gasteiger partial charge in [-0.05, 0) is 26.7 Å². The molecular weight excluding hydrogens is 305 g/mol. The Hall–Kier alpha value is -2.25. The molecule has 23 heavy (non-hydrogen) atoms. The zero-order valence-corrected chi connectivity index (χ0v) is 13.4. The van der Waals surface area contributed by atoms with Crippen LogP contribution in [0.25, 0.3) is 0 Å². The van der Waals surface area contributed by atoms with E-state index in [1.165, 1.54) is 6.92 Å². The third kappa shape index (κ3) is 4.61. The van der Waals surface area contributed by atoms with E-state index in [0.717, 1.165) is 25.2 Å². The smallest absolute Gasteiger partial charge is 0.316 e. The van der Waals surface area contributed by atoms with Gasteiger partial charge in [-0.1, -0.05) is 0 Å². The van der Waals surface area contributed by atoms with Gasteiger partial charge in [0.2, 0.25) is 0 Å². The monoisotopic (exact) mass is 325 g/mol. The van der Waals surface area contributed by atoms with Crippen molar-refractivity contribution in [2.75, 3.05) is 13.1 Å². The highest BCUT2D eigenvalue weighted by molar-refractivity contribution is 5.86. The van der Waals surface area contributed by atoms with Crippen LogP contribution < -0.4 is 4.74 Å². The molecule has 1 aromatic heterocycles. The first-order chi connectivity index (χ1) is 10.8. The minimum absolute atomic E-state index is 0.0740. The second-order valence-corrected chi connectivity index (χ2v) is 5.92. The predicted octanol–water partition coefficient (Wildman–Crippen LogP) is 1.33. The van der Waals surface area contributed by atoms with Crippen LogP contribution >= 0.6 is 0 Å². The fraction of sp³-hybridized carbons (Fsp3) is 0.600. The van der Waals surface area contributed by atoms with E-state index in [0.29, 0.717) is 13.1 Å². The third-order valence-corrected chi connectivity index (χ3v) is 3.45. The second kappa shape index (κ2) is 6.89. The Morgan fingerprint density at radius 2 is 2.00 bits per heavy atom. The Balaban J connectivity index is 1.98. The van der Waals surface area contributed by atoms with E-state index >= 15 is 0 Å². The van der Waals surface area contributed by atoms with Crippen LogP contribution in [0.3, 0.4) is 0 Å². The maximum absolute atomic E-state index is 12.8. The lowest BCUT2D eigenvalue weighted by Crippen LogP contribution is -2.53. The van der Waals surface area contributed by atoms with Gasteiger partial charge in [-0.2, -0.15) is 0 Å². The molecule has 0 aromatic carbocycles. The molecule has 0 N–H and O–H groups in total. The number of carbonyl (C=O) groups excluding carboxylic acids is 2. The van der Waals surface area contributed by atoms with Gasteiger partial charge in [0.25, 0.3) is 5.91 Å². The summed E-state index contributed by atoms with van der Waals surface area (Å²) in [5.41, 5.74) is -1.22. The second-order valence-electron chi connectivity index (χ2n) is 5.92. The molecular formula is C15H20FN3O4. The van der Waals surface area contributed by atoms with Gasteiger partial charge in [-0.15, -0.1) is 0 Å². The molecule has 0 spiro atoms. The number of ether oxygens (including phenoxy) is 2. The molecule has 0 unspecified atom stereocenters. The lowest BCUT2D eigenvalue weighted by atomic mass is 10.0. The Kier molecular flexibility index (Phi) is 5.12. The van der Waals surface area contributed by atoms with Gasteiger partial charge in [0.05, 0.1) is 18.9 Å². The molecule has 1 atom stereocenters. The molecule has 2 rings (SSSR count). The van der Waals surface area contributed by atoms with E-state index in [1.54, 1.807) is 18.7 Å². The van der Waals surface area contributed by atoms with E-state index < -0.39 is 17.4 Å². The van der Waals surface area contributed by atoms with Gasteiger partial charge < -0.3 is 14.4 Å². The number of hydrogen-bond donors (Lipinski definition) is 0. The van der Waals surface area contributed by atoms with Gasteiger partial charge in [0, 0.05) is 13.5 Å².